The zero-order valence-corrected chi connectivity index (χ0v) is 11.1. The van der Waals surface area contributed by atoms with Gasteiger partial charge in [-0.3, -0.25) is 19.9 Å². The summed E-state index contributed by atoms with van der Waals surface area (Å²) >= 11 is 1.21. The van der Waals surface area contributed by atoms with Gasteiger partial charge in [-0.2, -0.15) is 0 Å². The summed E-state index contributed by atoms with van der Waals surface area (Å²) in [5.41, 5.74) is -0.0361. The van der Waals surface area contributed by atoms with Gasteiger partial charge in [0.25, 0.3) is 11.6 Å². The molecule has 3 aromatic rings. The molecule has 8 nitrogen and oxygen atoms in total. The third kappa shape index (κ3) is 2.41. The third-order valence-corrected chi connectivity index (χ3v) is 3.60. The predicted octanol–water partition coefficient (Wildman–Crippen LogP) is 2.34. The number of thiophene rings is 1. The third-order valence-electron chi connectivity index (χ3n) is 2.73. The molecule has 0 fully saturated rings. The SMILES string of the molecule is O=C(Nc1cc2[nH]c(=O)oc2cc1[N+](=O)[O-])c1cccs1. The van der Waals surface area contributed by atoms with Gasteiger partial charge in [0.1, 0.15) is 5.69 Å². The molecule has 0 aliphatic heterocycles. The number of H-pyrrole nitrogens is 1. The molecule has 2 aromatic heterocycles. The van der Waals surface area contributed by atoms with Crippen molar-refractivity contribution in [2.45, 2.75) is 0 Å². The first-order valence-corrected chi connectivity index (χ1v) is 6.58. The number of hydrogen-bond acceptors (Lipinski definition) is 6. The highest BCUT2D eigenvalue weighted by molar-refractivity contribution is 7.12. The first kappa shape index (κ1) is 13.1. The molecule has 0 aliphatic rings. The second-order valence-electron chi connectivity index (χ2n) is 4.07. The molecule has 0 bridgehead atoms. The largest absolute Gasteiger partial charge is 0.417 e. The number of nitro groups is 1. The Balaban J connectivity index is 2.07. The number of anilines is 1. The van der Waals surface area contributed by atoms with Crippen molar-refractivity contribution < 1.29 is 14.1 Å². The van der Waals surface area contributed by atoms with E-state index in [1.54, 1.807) is 17.5 Å². The van der Waals surface area contributed by atoms with Crippen molar-refractivity contribution in [1.29, 1.82) is 0 Å². The van der Waals surface area contributed by atoms with Crippen LogP contribution in [-0.4, -0.2) is 15.8 Å². The minimum absolute atomic E-state index is 0.0112. The van der Waals surface area contributed by atoms with E-state index in [-0.39, 0.29) is 22.5 Å². The molecular weight excluding hydrogens is 298 g/mol. The number of aromatic nitrogens is 1. The number of nitrogens with one attached hydrogen (secondary N) is 2. The highest BCUT2D eigenvalue weighted by atomic mass is 32.1. The lowest BCUT2D eigenvalue weighted by Crippen LogP contribution is -2.11. The van der Waals surface area contributed by atoms with E-state index in [1.807, 2.05) is 0 Å². The topological polar surface area (TPSA) is 118 Å². The van der Waals surface area contributed by atoms with Crippen molar-refractivity contribution in [2.24, 2.45) is 0 Å². The number of aromatic amines is 1. The standard InChI is InChI=1S/C12H7N3O5S/c16-11(10-2-1-3-21-10)13-6-4-7-9(20-12(17)14-7)5-8(6)15(18)19/h1-5H,(H,13,16)(H,14,17). The molecule has 0 spiro atoms. The molecule has 0 saturated carbocycles. The predicted molar refractivity (Wildman–Crippen MR) is 75.8 cm³/mol. The fourth-order valence-electron chi connectivity index (χ4n) is 1.83. The van der Waals surface area contributed by atoms with Crippen molar-refractivity contribution in [3.05, 3.63) is 55.2 Å². The summed E-state index contributed by atoms with van der Waals surface area (Å²) in [5.74, 6) is -1.18. The average molecular weight is 305 g/mol. The van der Waals surface area contributed by atoms with Crippen LogP contribution in [-0.2, 0) is 0 Å². The highest BCUT2D eigenvalue weighted by Crippen LogP contribution is 2.29. The van der Waals surface area contributed by atoms with Crippen LogP contribution in [0.4, 0.5) is 11.4 Å². The Kier molecular flexibility index (Phi) is 3.03. The lowest BCUT2D eigenvalue weighted by molar-refractivity contribution is -0.383. The van der Waals surface area contributed by atoms with Crippen LogP contribution >= 0.6 is 11.3 Å². The van der Waals surface area contributed by atoms with Gasteiger partial charge >= 0.3 is 5.76 Å². The van der Waals surface area contributed by atoms with Crippen LogP contribution < -0.4 is 11.1 Å². The molecule has 0 saturated heterocycles. The van der Waals surface area contributed by atoms with Crippen LogP contribution in [0.3, 0.4) is 0 Å². The number of benzene rings is 1. The van der Waals surface area contributed by atoms with Gasteiger partial charge in [0.15, 0.2) is 5.58 Å². The Hall–Kier alpha value is -2.94. The molecule has 1 aromatic carbocycles. The van der Waals surface area contributed by atoms with Crippen LogP contribution in [0.2, 0.25) is 0 Å². The van der Waals surface area contributed by atoms with E-state index in [9.17, 15) is 19.7 Å². The van der Waals surface area contributed by atoms with Crippen LogP contribution in [0.15, 0.2) is 38.9 Å². The fourth-order valence-corrected chi connectivity index (χ4v) is 2.45. The Bertz CT molecular complexity index is 893. The van der Waals surface area contributed by atoms with E-state index < -0.39 is 16.6 Å². The van der Waals surface area contributed by atoms with Gasteiger partial charge in [0.2, 0.25) is 0 Å². The molecule has 21 heavy (non-hydrogen) atoms. The summed E-state index contributed by atoms with van der Waals surface area (Å²) in [6.07, 6.45) is 0. The Morgan fingerprint density at radius 3 is 2.90 bits per heavy atom. The molecule has 0 atom stereocenters. The summed E-state index contributed by atoms with van der Waals surface area (Å²) in [7, 11) is 0. The maximum absolute atomic E-state index is 12.0. The van der Waals surface area contributed by atoms with Crippen molar-refractivity contribution in [2.75, 3.05) is 5.32 Å². The number of fused-ring (bicyclic) bond motifs is 1. The average Bonchev–Trinajstić information content (AvgIpc) is 3.05. The van der Waals surface area contributed by atoms with Crippen LogP contribution in [0, 0.1) is 10.1 Å². The minimum Gasteiger partial charge on any atom is -0.408 e. The van der Waals surface area contributed by atoms with Gasteiger partial charge in [-0.15, -0.1) is 11.3 Å². The summed E-state index contributed by atoms with van der Waals surface area (Å²) in [6.45, 7) is 0. The zero-order valence-electron chi connectivity index (χ0n) is 10.3. The van der Waals surface area contributed by atoms with Gasteiger partial charge in [-0.05, 0) is 17.5 Å². The normalized spacial score (nSPS) is 10.7. The lowest BCUT2D eigenvalue weighted by atomic mass is 10.2. The molecular formula is C12H7N3O5S. The first-order valence-electron chi connectivity index (χ1n) is 5.71. The maximum atomic E-state index is 12.0. The fraction of sp³-hybridized carbons (Fsp3) is 0. The Morgan fingerprint density at radius 1 is 1.43 bits per heavy atom. The smallest absolute Gasteiger partial charge is 0.408 e. The van der Waals surface area contributed by atoms with E-state index in [0.717, 1.165) is 6.07 Å². The molecule has 1 amide bonds. The number of nitrogens with zero attached hydrogens (tertiary/aromatic N) is 1. The van der Waals surface area contributed by atoms with Gasteiger partial charge in [0, 0.05) is 0 Å². The lowest BCUT2D eigenvalue weighted by Gasteiger charge is -2.04. The van der Waals surface area contributed by atoms with E-state index >= 15 is 0 Å². The van der Waals surface area contributed by atoms with Gasteiger partial charge < -0.3 is 9.73 Å². The number of carbonyl (C=O) groups excluding carboxylic acids is 1. The van der Waals surface area contributed by atoms with Crippen LogP contribution in [0.1, 0.15) is 9.67 Å². The van der Waals surface area contributed by atoms with Crippen molar-refractivity contribution in [3.8, 4) is 0 Å². The molecule has 0 aliphatic carbocycles. The molecule has 0 unspecified atom stereocenters. The van der Waals surface area contributed by atoms with Crippen molar-refractivity contribution >= 4 is 39.7 Å². The number of hydrogen-bond donors (Lipinski definition) is 2. The van der Waals surface area contributed by atoms with Gasteiger partial charge in [-0.1, -0.05) is 6.07 Å². The quantitative estimate of drug-likeness (QED) is 0.568. The number of nitro benzene ring substituents is 1. The molecule has 3 rings (SSSR count). The van der Waals surface area contributed by atoms with Crippen LogP contribution in [0.25, 0.3) is 11.1 Å². The first-order chi connectivity index (χ1) is 10.0. The summed E-state index contributed by atoms with van der Waals surface area (Å²) in [6, 6.07) is 5.69. The van der Waals surface area contributed by atoms with E-state index in [0.29, 0.717) is 4.88 Å². The summed E-state index contributed by atoms with van der Waals surface area (Å²) in [5, 5.41) is 15.3. The summed E-state index contributed by atoms with van der Waals surface area (Å²) < 4.78 is 4.76. The van der Waals surface area contributed by atoms with E-state index in [4.69, 9.17) is 4.42 Å². The monoisotopic (exact) mass is 305 g/mol. The Labute approximate surface area is 120 Å². The zero-order chi connectivity index (χ0) is 15.0. The Morgan fingerprint density at radius 2 is 2.24 bits per heavy atom. The molecule has 2 N–H and O–H groups in total. The maximum Gasteiger partial charge on any atom is 0.417 e. The second kappa shape index (κ2) is 4.87. The van der Waals surface area contributed by atoms with Crippen molar-refractivity contribution in [3.63, 3.8) is 0 Å². The summed E-state index contributed by atoms with van der Waals surface area (Å²) in [4.78, 5) is 36.3. The second-order valence-corrected chi connectivity index (χ2v) is 5.02. The number of oxazole rings is 1. The minimum atomic E-state index is -0.721. The molecule has 106 valence electrons. The van der Waals surface area contributed by atoms with Crippen LogP contribution in [0.5, 0.6) is 0 Å². The molecule has 9 heteroatoms. The number of rotatable bonds is 3. The van der Waals surface area contributed by atoms with E-state index in [2.05, 4.69) is 10.3 Å². The van der Waals surface area contributed by atoms with Crippen molar-refractivity contribution in [1.82, 2.24) is 4.98 Å². The molecule has 2 heterocycles. The highest BCUT2D eigenvalue weighted by Gasteiger charge is 2.20. The number of amides is 1. The number of carbonyl (C=O) groups is 1. The van der Waals surface area contributed by atoms with Gasteiger partial charge in [-0.25, -0.2) is 4.79 Å². The van der Waals surface area contributed by atoms with Gasteiger partial charge in [0.05, 0.1) is 21.4 Å². The molecule has 0 radical (unpaired) electrons. The van der Waals surface area contributed by atoms with E-state index in [1.165, 1.54) is 17.4 Å².